The molecule has 0 aliphatic carbocycles. The summed E-state index contributed by atoms with van der Waals surface area (Å²) in [6, 6.07) is 2.74. The highest BCUT2D eigenvalue weighted by Gasteiger charge is 2.14. The summed E-state index contributed by atoms with van der Waals surface area (Å²) in [4.78, 5) is 1.50. The molecule has 0 saturated carbocycles. The van der Waals surface area contributed by atoms with Gasteiger partial charge in [-0.15, -0.1) is 11.3 Å². The Morgan fingerprint density at radius 3 is 2.67 bits per heavy atom. The molecular formula is C12H21NS2. The Morgan fingerprint density at radius 2 is 2.20 bits per heavy atom. The molecule has 1 heterocycles. The molecule has 1 aromatic rings. The fraction of sp³-hybridized carbons (Fsp3) is 0.667. The normalized spacial score (nSPS) is 13.4. The summed E-state index contributed by atoms with van der Waals surface area (Å²) in [6.07, 6.45) is 0. The minimum Gasteiger partial charge on any atom is -0.309 e. The third-order valence-corrected chi connectivity index (χ3v) is 4.59. The van der Waals surface area contributed by atoms with Crippen molar-refractivity contribution in [2.24, 2.45) is 0 Å². The van der Waals surface area contributed by atoms with Gasteiger partial charge in [-0.1, -0.05) is 20.8 Å². The topological polar surface area (TPSA) is 12.0 Å². The Balaban J connectivity index is 2.61. The van der Waals surface area contributed by atoms with Crippen molar-refractivity contribution in [3.8, 4) is 0 Å². The summed E-state index contributed by atoms with van der Waals surface area (Å²) in [5.74, 6) is 1.17. The molecule has 0 radical (unpaired) electrons. The molecule has 0 aliphatic rings. The van der Waals surface area contributed by atoms with Crippen LogP contribution >= 0.6 is 23.1 Å². The molecule has 1 aromatic heterocycles. The summed E-state index contributed by atoms with van der Waals surface area (Å²) in [5.41, 5.74) is 1.43. The second-order valence-electron chi connectivity index (χ2n) is 3.96. The van der Waals surface area contributed by atoms with Crippen LogP contribution in [0.5, 0.6) is 0 Å². The quantitative estimate of drug-likeness (QED) is 0.814. The van der Waals surface area contributed by atoms with Gasteiger partial charge in [0.25, 0.3) is 0 Å². The van der Waals surface area contributed by atoms with Crippen LogP contribution in [0.1, 0.15) is 37.3 Å². The molecule has 1 rings (SSSR count). The number of hydrogen-bond acceptors (Lipinski definition) is 3. The molecule has 1 nitrogen and oxygen atoms in total. The zero-order chi connectivity index (χ0) is 11.3. The highest BCUT2D eigenvalue weighted by atomic mass is 32.2. The SMILES string of the molecule is CCNC(CSC(C)C)c1sccc1C. The van der Waals surface area contributed by atoms with E-state index in [0.29, 0.717) is 11.3 Å². The summed E-state index contributed by atoms with van der Waals surface area (Å²) >= 11 is 3.90. The van der Waals surface area contributed by atoms with Gasteiger partial charge >= 0.3 is 0 Å². The zero-order valence-electron chi connectivity index (χ0n) is 10.0. The molecular weight excluding hydrogens is 222 g/mol. The number of rotatable bonds is 6. The highest BCUT2D eigenvalue weighted by molar-refractivity contribution is 7.99. The first-order chi connectivity index (χ1) is 7.15. The molecule has 86 valence electrons. The lowest BCUT2D eigenvalue weighted by atomic mass is 10.2. The predicted molar refractivity (Wildman–Crippen MR) is 73.1 cm³/mol. The lowest BCUT2D eigenvalue weighted by Gasteiger charge is -2.18. The van der Waals surface area contributed by atoms with Gasteiger partial charge in [-0.05, 0) is 35.7 Å². The minimum atomic E-state index is 0.530. The van der Waals surface area contributed by atoms with Crippen LogP contribution in [-0.2, 0) is 0 Å². The first-order valence-electron chi connectivity index (χ1n) is 5.54. The fourth-order valence-electron chi connectivity index (χ4n) is 1.50. The number of hydrogen-bond donors (Lipinski definition) is 1. The van der Waals surface area contributed by atoms with E-state index in [9.17, 15) is 0 Å². The molecule has 1 N–H and O–H groups in total. The number of thiophene rings is 1. The lowest BCUT2D eigenvalue weighted by Crippen LogP contribution is -2.23. The van der Waals surface area contributed by atoms with Crippen LogP contribution in [0.25, 0.3) is 0 Å². The van der Waals surface area contributed by atoms with Crippen molar-refractivity contribution < 1.29 is 0 Å². The largest absolute Gasteiger partial charge is 0.309 e. The molecule has 0 spiro atoms. The molecule has 1 unspecified atom stereocenters. The van der Waals surface area contributed by atoms with Crippen molar-refractivity contribution >= 4 is 23.1 Å². The molecule has 0 fully saturated rings. The zero-order valence-corrected chi connectivity index (χ0v) is 11.7. The van der Waals surface area contributed by atoms with Gasteiger partial charge in [0.1, 0.15) is 0 Å². The van der Waals surface area contributed by atoms with E-state index >= 15 is 0 Å². The Morgan fingerprint density at radius 1 is 1.47 bits per heavy atom. The summed E-state index contributed by atoms with van der Waals surface area (Å²) in [7, 11) is 0. The Hall–Kier alpha value is 0.0100. The van der Waals surface area contributed by atoms with Crippen LogP contribution in [-0.4, -0.2) is 17.5 Å². The van der Waals surface area contributed by atoms with Gasteiger partial charge < -0.3 is 5.32 Å². The van der Waals surface area contributed by atoms with Crippen molar-refractivity contribution in [2.75, 3.05) is 12.3 Å². The maximum Gasteiger partial charge on any atom is 0.0509 e. The fourth-order valence-corrected chi connectivity index (χ4v) is 3.47. The van der Waals surface area contributed by atoms with E-state index in [1.807, 2.05) is 23.1 Å². The van der Waals surface area contributed by atoms with Crippen molar-refractivity contribution in [1.29, 1.82) is 0 Å². The van der Waals surface area contributed by atoms with E-state index < -0.39 is 0 Å². The second-order valence-corrected chi connectivity index (χ2v) is 6.52. The smallest absolute Gasteiger partial charge is 0.0509 e. The standard InChI is InChI=1S/C12H21NS2/c1-5-13-11(8-15-9(2)3)12-10(4)6-7-14-12/h6-7,9,11,13H,5,8H2,1-4H3. The summed E-state index contributed by atoms with van der Waals surface area (Å²) in [5, 5.41) is 6.47. The molecule has 0 aromatic carbocycles. The Labute approximate surface area is 102 Å². The lowest BCUT2D eigenvalue weighted by molar-refractivity contribution is 0.612. The van der Waals surface area contributed by atoms with Crippen molar-refractivity contribution in [3.05, 3.63) is 21.9 Å². The molecule has 0 amide bonds. The van der Waals surface area contributed by atoms with Gasteiger partial charge in [-0.2, -0.15) is 11.8 Å². The molecule has 1 atom stereocenters. The average molecular weight is 243 g/mol. The van der Waals surface area contributed by atoms with E-state index in [1.54, 1.807) is 0 Å². The predicted octanol–water partition coefficient (Wildman–Crippen LogP) is 3.85. The van der Waals surface area contributed by atoms with Crippen LogP contribution in [0.15, 0.2) is 11.4 Å². The Kier molecular flexibility index (Phi) is 5.72. The number of thioether (sulfide) groups is 1. The van der Waals surface area contributed by atoms with Gasteiger partial charge in [0.2, 0.25) is 0 Å². The molecule has 0 saturated heterocycles. The number of nitrogens with one attached hydrogen (secondary N) is 1. The average Bonchev–Trinajstić information content (AvgIpc) is 2.59. The van der Waals surface area contributed by atoms with Crippen molar-refractivity contribution in [3.63, 3.8) is 0 Å². The van der Waals surface area contributed by atoms with Crippen LogP contribution in [0.4, 0.5) is 0 Å². The van der Waals surface area contributed by atoms with Crippen LogP contribution in [0.2, 0.25) is 0 Å². The van der Waals surface area contributed by atoms with Gasteiger partial charge in [-0.25, -0.2) is 0 Å². The third-order valence-electron chi connectivity index (χ3n) is 2.26. The van der Waals surface area contributed by atoms with E-state index in [1.165, 1.54) is 16.2 Å². The molecule has 0 bridgehead atoms. The monoisotopic (exact) mass is 243 g/mol. The van der Waals surface area contributed by atoms with E-state index in [-0.39, 0.29) is 0 Å². The maximum atomic E-state index is 3.57. The highest BCUT2D eigenvalue weighted by Crippen LogP contribution is 2.27. The summed E-state index contributed by atoms with van der Waals surface area (Å²) in [6.45, 7) is 9.94. The van der Waals surface area contributed by atoms with Gasteiger partial charge in [0.05, 0.1) is 6.04 Å². The van der Waals surface area contributed by atoms with Crippen molar-refractivity contribution in [1.82, 2.24) is 5.32 Å². The second kappa shape index (κ2) is 6.56. The van der Waals surface area contributed by atoms with Crippen LogP contribution < -0.4 is 5.32 Å². The molecule has 15 heavy (non-hydrogen) atoms. The molecule has 3 heteroatoms. The van der Waals surface area contributed by atoms with Gasteiger partial charge in [0.15, 0.2) is 0 Å². The van der Waals surface area contributed by atoms with E-state index in [2.05, 4.69) is 44.5 Å². The van der Waals surface area contributed by atoms with Gasteiger partial charge in [0, 0.05) is 10.6 Å². The Bertz CT molecular complexity index is 281. The third kappa shape index (κ3) is 4.17. The van der Waals surface area contributed by atoms with E-state index in [4.69, 9.17) is 0 Å². The minimum absolute atomic E-state index is 0.530. The summed E-state index contributed by atoms with van der Waals surface area (Å²) < 4.78 is 0. The maximum absolute atomic E-state index is 3.57. The van der Waals surface area contributed by atoms with E-state index in [0.717, 1.165) is 6.54 Å². The van der Waals surface area contributed by atoms with Crippen LogP contribution in [0.3, 0.4) is 0 Å². The first-order valence-corrected chi connectivity index (χ1v) is 7.47. The first kappa shape index (κ1) is 13.1. The molecule has 0 aliphatic heterocycles. The van der Waals surface area contributed by atoms with Gasteiger partial charge in [-0.3, -0.25) is 0 Å². The number of aryl methyl sites for hydroxylation is 1. The van der Waals surface area contributed by atoms with Crippen molar-refractivity contribution in [2.45, 2.75) is 39.0 Å². The van der Waals surface area contributed by atoms with Crippen LogP contribution in [0, 0.1) is 6.92 Å².